The van der Waals surface area contributed by atoms with Crippen LogP contribution in [0.3, 0.4) is 0 Å². The number of pyridine rings is 2. The molecule has 0 amide bonds. The van der Waals surface area contributed by atoms with E-state index in [0.717, 1.165) is 56.0 Å². The van der Waals surface area contributed by atoms with Crippen LogP contribution in [0.4, 0.5) is 0 Å². The Morgan fingerprint density at radius 3 is 2.63 bits per heavy atom. The van der Waals surface area contributed by atoms with Crippen molar-refractivity contribution in [2.45, 2.75) is 26.8 Å². The second kappa shape index (κ2) is 6.95. The lowest BCUT2D eigenvalue weighted by Crippen LogP contribution is -2.07. The average molecular weight is 399 g/mol. The van der Waals surface area contributed by atoms with E-state index < -0.39 is 0 Å². The molecule has 5 aromatic rings. The van der Waals surface area contributed by atoms with Crippen molar-refractivity contribution in [2.75, 3.05) is 7.11 Å². The van der Waals surface area contributed by atoms with Gasteiger partial charge >= 0.3 is 0 Å². The number of aromatic nitrogens is 5. The van der Waals surface area contributed by atoms with Crippen molar-refractivity contribution in [1.82, 2.24) is 24.7 Å². The number of imidazole rings is 1. The fourth-order valence-corrected chi connectivity index (χ4v) is 4.03. The van der Waals surface area contributed by atoms with Gasteiger partial charge < -0.3 is 13.8 Å². The van der Waals surface area contributed by atoms with E-state index in [9.17, 15) is 0 Å². The fraction of sp³-hybridized carbons (Fsp3) is 0.217. The van der Waals surface area contributed by atoms with E-state index in [2.05, 4.69) is 31.6 Å². The minimum absolute atomic E-state index is 0.0232. The number of nitrogens with zero attached hydrogens (tertiary/aromatic N) is 5. The summed E-state index contributed by atoms with van der Waals surface area (Å²) in [6, 6.07) is 10.0. The maximum atomic E-state index is 5.76. The molecule has 0 aliphatic heterocycles. The van der Waals surface area contributed by atoms with E-state index in [-0.39, 0.29) is 6.04 Å². The first-order valence-electron chi connectivity index (χ1n) is 9.76. The van der Waals surface area contributed by atoms with E-state index in [1.54, 1.807) is 7.11 Å². The molecule has 0 unspecified atom stereocenters. The number of fused-ring (bicyclic) bond motifs is 3. The number of hydrogen-bond acceptors (Lipinski definition) is 6. The van der Waals surface area contributed by atoms with Crippen LogP contribution in [0.25, 0.3) is 33.1 Å². The molecule has 0 saturated carbocycles. The zero-order chi connectivity index (χ0) is 20.8. The Morgan fingerprint density at radius 2 is 1.93 bits per heavy atom. The second-order valence-electron chi connectivity index (χ2n) is 7.34. The Kier molecular flexibility index (Phi) is 4.24. The molecule has 4 aromatic heterocycles. The lowest BCUT2D eigenvalue weighted by Gasteiger charge is -2.16. The van der Waals surface area contributed by atoms with Crippen LogP contribution in [-0.4, -0.2) is 31.8 Å². The zero-order valence-electron chi connectivity index (χ0n) is 17.2. The first-order chi connectivity index (χ1) is 14.6. The molecule has 4 heterocycles. The third-order valence-electron chi connectivity index (χ3n) is 5.56. The fourth-order valence-electron chi connectivity index (χ4n) is 4.03. The Bertz CT molecular complexity index is 1350. The van der Waals surface area contributed by atoms with Crippen molar-refractivity contribution in [3.63, 3.8) is 0 Å². The van der Waals surface area contributed by atoms with Gasteiger partial charge in [0.2, 0.25) is 0 Å². The summed E-state index contributed by atoms with van der Waals surface area (Å²) in [5.41, 5.74) is 6.33. The van der Waals surface area contributed by atoms with E-state index in [1.807, 2.05) is 62.9 Å². The molecule has 0 spiro atoms. The van der Waals surface area contributed by atoms with Crippen LogP contribution in [0.2, 0.25) is 0 Å². The number of rotatable bonds is 4. The van der Waals surface area contributed by atoms with Gasteiger partial charge in [0, 0.05) is 17.1 Å². The molecule has 7 nitrogen and oxygen atoms in total. The quantitative estimate of drug-likeness (QED) is 0.429. The topological polar surface area (TPSA) is 78.9 Å². The first-order valence-corrected chi connectivity index (χ1v) is 9.76. The number of hydrogen-bond donors (Lipinski definition) is 0. The highest BCUT2D eigenvalue weighted by Crippen LogP contribution is 2.39. The summed E-state index contributed by atoms with van der Waals surface area (Å²) in [6.07, 6.45) is 5.46. The molecule has 1 atom stereocenters. The maximum Gasteiger partial charge on any atom is 0.141 e. The van der Waals surface area contributed by atoms with Crippen molar-refractivity contribution < 1.29 is 9.26 Å². The highest BCUT2D eigenvalue weighted by molar-refractivity contribution is 6.04. The van der Waals surface area contributed by atoms with Crippen LogP contribution in [0, 0.1) is 13.8 Å². The summed E-state index contributed by atoms with van der Waals surface area (Å²) < 4.78 is 13.3. The van der Waals surface area contributed by atoms with Crippen LogP contribution in [0.15, 0.2) is 53.6 Å². The van der Waals surface area contributed by atoms with Crippen LogP contribution in [0.1, 0.15) is 30.1 Å². The molecule has 5 rings (SSSR count). The normalized spacial score (nSPS) is 12.5. The van der Waals surface area contributed by atoms with Gasteiger partial charge in [0.15, 0.2) is 0 Å². The van der Waals surface area contributed by atoms with Crippen LogP contribution in [-0.2, 0) is 0 Å². The molecule has 7 heteroatoms. The molecule has 1 aromatic carbocycles. The van der Waals surface area contributed by atoms with Gasteiger partial charge in [-0.15, -0.1) is 0 Å². The third-order valence-corrected chi connectivity index (χ3v) is 5.56. The summed E-state index contributed by atoms with van der Waals surface area (Å²) >= 11 is 0. The van der Waals surface area contributed by atoms with Crippen molar-refractivity contribution in [1.29, 1.82) is 0 Å². The maximum absolute atomic E-state index is 5.76. The Hall–Kier alpha value is -3.74. The lowest BCUT2D eigenvalue weighted by atomic mass is 10.0. The van der Waals surface area contributed by atoms with Gasteiger partial charge in [-0.1, -0.05) is 11.2 Å². The predicted octanol–water partition coefficient (Wildman–Crippen LogP) is 4.87. The summed E-state index contributed by atoms with van der Waals surface area (Å²) in [7, 11) is 1.67. The summed E-state index contributed by atoms with van der Waals surface area (Å²) in [5, 5.41) is 5.06. The lowest BCUT2D eigenvalue weighted by molar-refractivity contribution is 0.393. The number of benzene rings is 1. The first kappa shape index (κ1) is 18.3. The van der Waals surface area contributed by atoms with Gasteiger partial charge in [0.25, 0.3) is 0 Å². The van der Waals surface area contributed by atoms with E-state index in [4.69, 9.17) is 9.26 Å². The summed E-state index contributed by atoms with van der Waals surface area (Å²) in [4.78, 5) is 13.8. The van der Waals surface area contributed by atoms with Gasteiger partial charge in [-0.25, -0.2) is 4.98 Å². The molecule has 0 saturated heterocycles. The smallest absolute Gasteiger partial charge is 0.141 e. The van der Waals surface area contributed by atoms with Crippen LogP contribution < -0.4 is 4.74 Å². The largest absolute Gasteiger partial charge is 0.496 e. The molecule has 30 heavy (non-hydrogen) atoms. The molecule has 0 fully saturated rings. The molecule has 0 radical (unpaired) electrons. The third kappa shape index (κ3) is 2.74. The van der Waals surface area contributed by atoms with Crippen LogP contribution in [0.5, 0.6) is 5.75 Å². The van der Waals surface area contributed by atoms with Gasteiger partial charge in [0.1, 0.15) is 17.0 Å². The summed E-state index contributed by atoms with van der Waals surface area (Å²) in [5.74, 6) is 1.49. The predicted molar refractivity (Wildman–Crippen MR) is 115 cm³/mol. The second-order valence-corrected chi connectivity index (χ2v) is 7.34. The molecule has 0 aliphatic rings. The van der Waals surface area contributed by atoms with Crippen molar-refractivity contribution >= 4 is 21.9 Å². The molecule has 0 N–H and O–H groups in total. The number of ether oxygens (including phenoxy) is 1. The van der Waals surface area contributed by atoms with Crippen molar-refractivity contribution in [2.24, 2.45) is 0 Å². The average Bonchev–Trinajstić information content (AvgIpc) is 3.36. The SMILES string of the molecule is COc1cc2c(cc1-c1c(C)noc1C)ncc1ncn([C@H](C)c3ccccn3)c12. The molecule has 150 valence electrons. The van der Waals surface area contributed by atoms with Crippen LogP contribution >= 0.6 is 0 Å². The van der Waals surface area contributed by atoms with Crippen molar-refractivity contribution in [3.8, 4) is 16.9 Å². The van der Waals surface area contributed by atoms with Gasteiger partial charge in [0.05, 0.1) is 53.7 Å². The monoisotopic (exact) mass is 399 g/mol. The van der Waals surface area contributed by atoms with Gasteiger partial charge in [-0.3, -0.25) is 9.97 Å². The Morgan fingerprint density at radius 1 is 1.07 bits per heavy atom. The molecular weight excluding hydrogens is 378 g/mol. The van der Waals surface area contributed by atoms with Crippen molar-refractivity contribution in [3.05, 3.63) is 66.2 Å². The number of aryl methyl sites for hydroxylation is 2. The minimum atomic E-state index is 0.0232. The summed E-state index contributed by atoms with van der Waals surface area (Å²) in [6.45, 7) is 5.94. The van der Waals surface area contributed by atoms with E-state index in [1.165, 1.54) is 0 Å². The van der Waals surface area contributed by atoms with E-state index >= 15 is 0 Å². The minimum Gasteiger partial charge on any atom is -0.496 e. The van der Waals surface area contributed by atoms with Gasteiger partial charge in [-0.05, 0) is 45.0 Å². The molecular formula is C23H21N5O2. The van der Waals surface area contributed by atoms with Gasteiger partial charge in [-0.2, -0.15) is 0 Å². The number of methoxy groups -OCH3 is 1. The Labute approximate surface area is 173 Å². The standard InChI is InChI=1S/C23H21N5O2/c1-13-22(15(3)30-27-13)17-9-19-16(10-21(17)29-4)23-20(11-25-19)26-12-28(23)14(2)18-7-5-6-8-24-18/h5-12,14H,1-4H3/t14-/m1/s1. The zero-order valence-corrected chi connectivity index (χ0v) is 17.2. The molecule has 0 bridgehead atoms. The highest BCUT2D eigenvalue weighted by Gasteiger charge is 2.20. The molecule has 0 aliphatic carbocycles. The van der Waals surface area contributed by atoms with E-state index in [0.29, 0.717) is 0 Å². The Balaban J connectivity index is 1.77. The highest BCUT2D eigenvalue weighted by atomic mass is 16.5.